The van der Waals surface area contributed by atoms with E-state index in [9.17, 15) is 0 Å². The molecule has 0 aliphatic carbocycles. The average Bonchev–Trinajstić information content (AvgIpc) is 2.92. The van der Waals surface area contributed by atoms with Gasteiger partial charge >= 0.3 is 0 Å². The van der Waals surface area contributed by atoms with Gasteiger partial charge in [-0.3, -0.25) is 0 Å². The van der Waals surface area contributed by atoms with Crippen LogP contribution in [0.25, 0.3) is 16.9 Å². The zero-order chi connectivity index (χ0) is 13.2. The maximum atomic E-state index is 6.04. The van der Waals surface area contributed by atoms with Crippen LogP contribution in [0.5, 0.6) is 0 Å². The summed E-state index contributed by atoms with van der Waals surface area (Å²) in [5.41, 5.74) is 2.05. The minimum Gasteiger partial charge on any atom is -0.225 e. The molecule has 0 radical (unpaired) electrons. The summed E-state index contributed by atoms with van der Waals surface area (Å²) in [6, 6.07) is 9.93. The first-order valence-electron chi connectivity index (χ1n) is 5.52. The fourth-order valence-electron chi connectivity index (χ4n) is 1.72. The van der Waals surface area contributed by atoms with Crippen LogP contribution in [0.15, 0.2) is 48.9 Å². The molecule has 1 aromatic carbocycles. The molecule has 4 nitrogen and oxygen atoms in total. The van der Waals surface area contributed by atoms with Crippen molar-refractivity contribution >= 4 is 23.2 Å². The highest BCUT2D eigenvalue weighted by molar-refractivity contribution is 6.32. The molecule has 6 heteroatoms. The summed E-state index contributed by atoms with van der Waals surface area (Å²) < 4.78 is 1.58. The van der Waals surface area contributed by atoms with Crippen molar-refractivity contribution in [3.63, 3.8) is 0 Å². The van der Waals surface area contributed by atoms with Crippen molar-refractivity contribution in [2.24, 2.45) is 0 Å². The lowest BCUT2D eigenvalue weighted by Gasteiger charge is -2.02. The SMILES string of the molecule is Clc1ncc(Cl)c(-n2cc(-c3ccccc3)cn2)n1. The molecule has 0 amide bonds. The molecule has 19 heavy (non-hydrogen) atoms. The summed E-state index contributed by atoms with van der Waals surface area (Å²) in [4.78, 5) is 7.88. The number of rotatable bonds is 2. The number of halogens is 2. The van der Waals surface area contributed by atoms with Gasteiger partial charge in [-0.15, -0.1) is 0 Å². The molecule has 0 N–H and O–H groups in total. The lowest BCUT2D eigenvalue weighted by Crippen LogP contribution is -2.00. The Kier molecular flexibility index (Phi) is 3.19. The monoisotopic (exact) mass is 290 g/mol. The second kappa shape index (κ2) is 4.99. The molecular formula is C13H8Cl2N4. The van der Waals surface area contributed by atoms with Gasteiger partial charge in [0, 0.05) is 11.8 Å². The number of hydrogen-bond acceptors (Lipinski definition) is 3. The average molecular weight is 291 g/mol. The first kappa shape index (κ1) is 12.1. The molecule has 3 rings (SSSR count). The van der Waals surface area contributed by atoms with Crippen molar-refractivity contribution in [3.05, 3.63) is 59.2 Å². The minimum absolute atomic E-state index is 0.135. The largest absolute Gasteiger partial charge is 0.225 e. The van der Waals surface area contributed by atoms with E-state index < -0.39 is 0 Å². The summed E-state index contributed by atoms with van der Waals surface area (Å²) in [5, 5.41) is 4.78. The highest BCUT2D eigenvalue weighted by Gasteiger charge is 2.09. The number of hydrogen-bond donors (Lipinski definition) is 0. The van der Waals surface area contributed by atoms with Crippen LogP contribution in [0.1, 0.15) is 0 Å². The van der Waals surface area contributed by atoms with Gasteiger partial charge in [-0.25, -0.2) is 9.67 Å². The van der Waals surface area contributed by atoms with Crippen molar-refractivity contribution < 1.29 is 0 Å². The van der Waals surface area contributed by atoms with Crippen LogP contribution in [0, 0.1) is 0 Å². The summed E-state index contributed by atoms with van der Waals surface area (Å²) >= 11 is 11.8. The Balaban J connectivity index is 2.04. The predicted molar refractivity (Wildman–Crippen MR) is 74.6 cm³/mol. The molecule has 2 aromatic heterocycles. The molecule has 2 heterocycles. The Labute approximate surface area is 119 Å². The van der Waals surface area contributed by atoms with Crippen molar-refractivity contribution in [3.8, 4) is 16.9 Å². The maximum absolute atomic E-state index is 6.04. The van der Waals surface area contributed by atoms with E-state index in [4.69, 9.17) is 23.2 Å². The van der Waals surface area contributed by atoms with Crippen LogP contribution < -0.4 is 0 Å². The molecular weight excluding hydrogens is 283 g/mol. The van der Waals surface area contributed by atoms with E-state index in [1.807, 2.05) is 36.5 Å². The van der Waals surface area contributed by atoms with Gasteiger partial charge in [0.1, 0.15) is 5.02 Å². The Morgan fingerprint density at radius 1 is 0.947 bits per heavy atom. The highest BCUT2D eigenvalue weighted by atomic mass is 35.5. The fraction of sp³-hybridized carbons (Fsp3) is 0. The van der Waals surface area contributed by atoms with Gasteiger partial charge < -0.3 is 0 Å². The number of nitrogens with zero attached hydrogens (tertiary/aromatic N) is 4. The number of aromatic nitrogens is 4. The standard InChI is InChI=1S/C13H8Cl2N4/c14-11-7-16-13(15)18-12(11)19-8-10(6-17-19)9-4-2-1-3-5-9/h1-8H. The van der Waals surface area contributed by atoms with Gasteiger partial charge in [0.15, 0.2) is 5.82 Å². The van der Waals surface area contributed by atoms with Crippen molar-refractivity contribution in [1.82, 2.24) is 19.7 Å². The summed E-state index contributed by atoms with van der Waals surface area (Å²) in [6.07, 6.45) is 5.05. The highest BCUT2D eigenvalue weighted by Crippen LogP contribution is 2.22. The molecule has 0 spiro atoms. The third kappa shape index (κ3) is 2.45. The van der Waals surface area contributed by atoms with E-state index in [1.165, 1.54) is 6.20 Å². The van der Waals surface area contributed by atoms with E-state index in [0.29, 0.717) is 10.8 Å². The van der Waals surface area contributed by atoms with Crippen molar-refractivity contribution in [1.29, 1.82) is 0 Å². The molecule has 0 aliphatic rings. The Hall–Kier alpha value is -1.91. The summed E-state index contributed by atoms with van der Waals surface area (Å²) in [5.74, 6) is 0.462. The van der Waals surface area contributed by atoms with Gasteiger partial charge in [-0.2, -0.15) is 10.1 Å². The molecule has 3 aromatic rings. The zero-order valence-electron chi connectivity index (χ0n) is 9.66. The fourth-order valence-corrected chi connectivity index (χ4v) is 2.02. The van der Waals surface area contributed by atoms with Gasteiger partial charge in [0.2, 0.25) is 5.28 Å². The molecule has 0 aliphatic heterocycles. The van der Waals surface area contributed by atoms with Crippen molar-refractivity contribution in [2.75, 3.05) is 0 Å². The van der Waals surface area contributed by atoms with Crippen LogP contribution in [0.4, 0.5) is 0 Å². The van der Waals surface area contributed by atoms with Crippen LogP contribution in [0.3, 0.4) is 0 Å². The third-order valence-corrected chi connectivity index (χ3v) is 3.05. The molecule has 0 saturated heterocycles. The van der Waals surface area contributed by atoms with Crippen LogP contribution in [-0.4, -0.2) is 19.7 Å². The molecule has 0 atom stereocenters. The molecule has 94 valence electrons. The first-order valence-corrected chi connectivity index (χ1v) is 6.28. The van der Waals surface area contributed by atoms with E-state index >= 15 is 0 Å². The smallest absolute Gasteiger partial charge is 0.224 e. The predicted octanol–water partition coefficient (Wildman–Crippen LogP) is 3.64. The topological polar surface area (TPSA) is 43.6 Å². The number of benzene rings is 1. The van der Waals surface area contributed by atoms with Gasteiger partial charge in [-0.1, -0.05) is 41.9 Å². The third-order valence-electron chi connectivity index (χ3n) is 2.60. The van der Waals surface area contributed by atoms with Gasteiger partial charge in [-0.05, 0) is 17.2 Å². The van der Waals surface area contributed by atoms with Crippen LogP contribution >= 0.6 is 23.2 Å². The van der Waals surface area contributed by atoms with Gasteiger partial charge in [0.05, 0.1) is 12.4 Å². The molecule has 0 fully saturated rings. The quantitative estimate of drug-likeness (QED) is 0.677. The Morgan fingerprint density at radius 3 is 2.53 bits per heavy atom. The Morgan fingerprint density at radius 2 is 1.74 bits per heavy atom. The van der Waals surface area contributed by atoms with E-state index in [2.05, 4.69) is 15.1 Å². The van der Waals surface area contributed by atoms with E-state index in [1.54, 1.807) is 10.9 Å². The lowest BCUT2D eigenvalue weighted by atomic mass is 10.1. The Bertz CT molecular complexity index is 710. The van der Waals surface area contributed by atoms with Gasteiger partial charge in [0.25, 0.3) is 0 Å². The summed E-state index contributed by atoms with van der Waals surface area (Å²) in [6.45, 7) is 0. The normalized spacial score (nSPS) is 10.6. The minimum atomic E-state index is 0.135. The molecule has 0 unspecified atom stereocenters. The summed E-state index contributed by atoms with van der Waals surface area (Å²) in [7, 11) is 0. The maximum Gasteiger partial charge on any atom is 0.224 e. The molecule has 0 saturated carbocycles. The van der Waals surface area contributed by atoms with E-state index in [-0.39, 0.29) is 5.28 Å². The second-order valence-corrected chi connectivity index (χ2v) is 4.60. The second-order valence-electron chi connectivity index (χ2n) is 3.85. The zero-order valence-corrected chi connectivity index (χ0v) is 11.2. The lowest BCUT2D eigenvalue weighted by molar-refractivity contribution is 0.840. The van der Waals surface area contributed by atoms with Crippen LogP contribution in [0.2, 0.25) is 10.3 Å². The first-order chi connectivity index (χ1) is 9.24. The van der Waals surface area contributed by atoms with Crippen molar-refractivity contribution in [2.45, 2.75) is 0 Å². The molecule has 0 bridgehead atoms. The van der Waals surface area contributed by atoms with E-state index in [0.717, 1.165) is 11.1 Å². The van der Waals surface area contributed by atoms with Crippen LogP contribution in [-0.2, 0) is 0 Å².